The minimum Gasteiger partial charge on any atom is -0.493 e. The van der Waals surface area contributed by atoms with Gasteiger partial charge in [0, 0.05) is 24.4 Å². The number of para-hydroxylation sites is 1. The number of hydrogen-bond acceptors (Lipinski definition) is 5. The van der Waals surface area contributed by atoms with E-state index in [1.807, 2.05) is 35.9 Å². The molecule has 0 saturated heterocycles. The molecule has 1 amide bonds. The summed E-state index contributed by atoms with van der Waals surface area (Å²) in [6, 6.07) is 7.88. The van der Waals surface area contributed by atoms with Crippen molar-refractivity contribution in [1.82, 2.24) is 25.4 Å². The number of aromatic nitrogens is 3. The average Bonchev–Trinajstić information content (AvgIpc) is 3.10. The van der Waals surface area contributed by atoms with Gasteiger partial charge >= 0.3 is 0 Å². The fourth-order valence-electron chi connectivity index (χ4n) is 3.59. The molecule has 2 aromatic rings. The SMILES string of the molecule is C[C@H](N[C@H]1CCc2ncnn2C1)C(=O)N[C@@H]1CCOc2ccccc21. The molecule has 7 nitrogen and oxygen atoms in total. The fraction of sp³-hybridized carbons (Fsp3) is 0.500. The molecule has 1 aromatic carbocycles. The minimum absolute atomic E-state index is 0.00924. The Balaban J connectivity index is 1.36. The number of ether oxygens (including phenoxy) is 1. The molecule has 132 valence electrons. The van der Waals surface area contributed by atoms with Crippen molar-refractivity contribution in [3.8, 4) is 5.75 Å². The van der Waals surface area contributed by atoms with Crippen LogP contribution in [-0.2, 0) is 17.8 Å². The van der Waals surface area contributed by atoms with Gasteiger partial charge in [-0.15, -0.1) is 0 Å². The van der Waals surface area contributed by atoms with Gasteiger partial charge in [0.2, 0.25) is 5.91 Å². The van der Waals surface area contributed by atoms with E-state index in [4.69, 9.17) is 4.74 Å². The van der Waals surface area contributed by atoms with E-state index in [-0.39, 0.29) is 24.0 Å². The monoisotopic (exact) mass is 341 g/mol. The summed E-state index contributed by atoms with van der Waals surface area (Å²) in [5, 5.41) is 10.8. The quantitative estimate of drug-likeness (QED) is 0.874. The molecule has 7 heteroatoms. The molecular formula is C18H23N5O2. The van der Waals surface area contributed by atoms with Crippen molar-refractivity contribution in [3.05, 3.63) is 42.0 Å². The van der Waals surface area contributed by atoms with Crippen molar-refractivity contribution in [2.24, 2.45) is 0 Å². The number of fused-ring (bicyclic) bond motifs is 2. The number of rotatable bonds is 4. The Kier molecular flexibility index (Phi) is 4.40. The lowest BCUT2D eigenvalue weighted by Gasteiger charge is -2.30. The summed E-state index contributed by atoms with van der Waals surface area (Å²) in [5.41, 5.74) is 1.05. The number of nitrogens with one attached hydrogen (secondary N) is 2. The van der Waals surface area contributed by atoms with Crippen molar-refractivity contribution in [2.45, 2.75) is 50.9 Å². The second-order valence-electron chi connectivity index (χ2n) is 6.72. The Morgan fingerprint density at radius 3 is 3.16 bits per heavy atom. The number of carbonyl (C=O) groups is 1. The molecule has 2 N–H and O–H groups in total. The van der Waals surface area contributed by atoms with E-state index in [1.54, 1.807) is 6.33 Å². The zero-order chi connectivity index (χ0) is 17.2. The highest BCUT2D eigenvalue weighted by Crippen LogP contribution is 2.31. The Morgan fingerprint density at radius 1 is 1.36 bits per heavy atom. The Hall–Kier alpha value is -2.41. The van der Waals surface area contributed by atoms with Crippen LogP contribution in [0.25, 0.3) is 0 Å². The predicted molar refractivity (Wildman–Crippen MR) is 92.2 cm³/mol. The van der Waals surface area contributed by atoms with Crippen LogP contribution in [0.15, 0.2) is 30.6 Å². The Bertz CT molecular complexity index is 759. The van der Waals surface area contributed by atoms with Crippen LogP contribution < -0.4 is 15.4 Å². The highest BCUT2D eigenvalue weighted by atomic mass is 16.5. The van der Waals surface area contributed by atoms with Gasteiger partial charge < -0.3 is 15.4 Å². The number of carbonyl (C=O) groups excluding carboxylic acids is 1. The van der Waals surface area contributed by atoms with Gasteiger partial charge in [-0.3, -0.25) is 4.79 Å². The molecule has 0 fully saturated rings. The molecule has 0 bridgehead atoms. The third-order valence-electron chi connectivity index (χ3n) is 4.96. The van der Waals surface area contributed by atoms with Crippen LogP contribution in [0.2, 0.25) is 0 Å². The summed E-state index contributed by atoms with van der Waals surface area (Å²) in [6.07, 6.45) is 4.24. The lowest BCUT2D eigenvalue weighted by Crippen LogP contribution is -2.50. The summed E-state index contributed by atoms with van der Waals surface area (Å²) in [4.78, 5) is 16.9. The summed E-state index contributed by atoms with van der Waals surface area (Å²) in [5.74, 6) is 1.91. The van der Waals surface area contributed by atoms with Crippen molar-refractivity contribution in [2.75, 3.05) is 6.61 Å². The first kappa shape index (κ1) is 16.1. The molecule has 3 atom stereocenters. The lowest BCUT2D eigenvalue weighted by molar-refractivity contribution is -0.124. The average molecular weight is 341 g/mol. The van der Waals surface area contributed by atoms with Gasteiger partial charge in [0.15, 0.2) is 0 Å². The van der Waals surface area contributed by atoms with Crippen LogP contribution in [0.5, 0.6) is 5.75 Å². The third-order valence-corrected chi connectivity index (χ3v) is 4.96. The van der Waals surface area contributed by atoms with E-state index in [9.17, 15) is 4.79 Å². The normalized spacial score (nSPS) is 23.1. The molecule has 0 spiro atoms. The zero-order valence-electron chi connectivity index (χ0n) is 14.3. The third kappa shape index (κ3) is 3.37. The highest BCUT2D eigenvalue weighted by molar-refractivity contribution is 5.81. The maximum Gasteiger partial charge on any atom is 0.237 e. The van der Waals surface area contributed by atoms with Crippen molar-refractivity contribution < 1.29 is 9.53 Å². The Labute approximate surface area is 146 Å². The maximum atomic E-state index is 12.6. The number of aryl methyl sites for hydroxylation is 1. The summed E-state index contributed by atoms with van der Waals surface area (Å²) >= 11 is 0. The van der Waals surface area contributed by atoms with Gasteiger partial charge in [0.05, 0.1) is 25.2 Å². The molecule has 2 aliphatic rings. The largest absolute Gasteiger partial charge is 0.493 e. The van der Waals surface area contributed by atoms with Crippen LogP contribution in [0, 0.1) is 0 Å². The first-order chi connectivity index (χ1) is 12.2. The molecule has 0 aliphatic carbocycles. The predicted octanol–water partition coefficient (Wildman–Crippen LogP) is 1.21. The van der Waals surface area contributed by atoms with Crippen molar-refractivity contribution >= 4 is 5.91 Å². The van der Waals surface area contributed by atoms with Crippen LogP contribution in [-0.4, -0.2) is 39.4 Å². The van der Waals surface area contributed by atoms with E-state index in [0.717, 1.165) is 42.9 Å². The summed E-state index contributed by atoms with van der Waals surface area (Å²) < 4.78 is 7.58. The number of hydrogen-bond donors (Lipinski definition) is 2. The number of benzene rings is 1. The Morgan fingerprint density at radius 2 is 2.24 bits per heavy atom. The summed E-state index contributed by atoms with van der Waals surface area (Å²) in [7, 11) is 0. The van der Waals surface area contributed by atoms with Crippen LogP contribution >= 0.6 is 0 Å². The zero-order valence-corrected chi connectivity index (χ0v) is 14.3. The topological polar surface area (TPSA) is 81.1 Å². The van der Waals surface area contributed by atoms with Gasteiger partial charge in [-0.25, -0.2) is 9.67 Å². The molecule has 0 radical (unpaired) electrons. The molecular weight excluding hydrogens is 318 g/mol. The van der Waals surface area contributed by atoms with E-state index < -0.39 is 0 Å². The molecule has 0 unspecified atom stereocenters. The van der Waals surface area contributed by atoms with E-state index in [1.165, 1.54) is 0 Å². The molecule has 1 aromatic heterocycles. The second kappa shape index (κ2) is 6.84. The van der Waals surface area contributed by atoms with E-state index in [0.29, 0.717) is 6.61 Å². The van der Waals surface area contributed by atoms with Gasteiger partial charge in [0.25, 0.3) is 0 Å². The first-order valence-electron chi connectivity index (χ1n) is 8.85. The second-order valence-corrected chi connectivity index (χ2v) is 6.72. The summed E-state index contributed by atoms with van der Waals surface area (Å²) in [6.45, 7) is 3.30. The van der Waals surface area contributed by atoms with Crippen molar-refractivity contribution in [1.29, 1.82) is 0 Å². The molecule has 2 aliphatic heterocycles. The fourth-order valence-corrected chi connectivity index (χ4v) is 3.59. The van der Waals surface area contributed by atoms with Crippen LogP contribution in [0.1, 0.15) is 37.2 Å². The lowest BCUT2D eigenvalue weighted by atomic mass is 10.00. The van der Waals surface area contributed by atoms with Gasteiger partial charge in [-0.1, -0.05) is 18.2 Å². The molecule has 25 heavy (non-hydrogen) atoms. The van der Waals surface area contributed by atoms with Crippen LogP contribution in [0.3, 0.4) is 0 Å². The molecule has 0 saturated carbocycles. The van der Waals surface area contributed by atoms with E-state index >= 15 is 0 Å². The van der Waals surface area contributed by atoms with Crippen molar-refractivity contribution in [3.63, 3.8) is 0 Å². The van der Waals surface area contributed by atoms with Gasteiger partial charge in [0.1, 0.15) is 17.9 Å². The smallest absolute Gasteiger partial charge is 0.237 e. The van der Waals surface area contributed by atoms with Gasteiger partial charge in [-0.05, 0) is 19.4 Å². The first-order valence-corrected chi connectivity index (χ1v) is 8.85. The number of amides is 1. The maximum absolute atomic E-state index is 12.6. The minimum atomic E-state index is -0.259. The van der Waals surface area contributed by atoms with Crippen LogP contribution in [0.4, 0.5) is 0 Å². The standard InChI is InChI=1S/C18H23N5O2/c1-12(21-13-6-7-17-19-11-20-23(17)10-13)18(24)22-15-8-9-25-16-5-3-2-4-14(15)16/h2-5,11-13,15,21H,6-10H2,1H3,(H,22,24)/t12-,13-,15+/m0/s1. The molecule has 4 rings (SSSR count). The number of nitrogens with zero attached hydrogens (tertiary/aromatic N) is 3. The molecule has 3 heterocycles. The van der Waals surface area contributed by atoms with E-state index in [2.05, 4.69) is 20.7 Å². The van der Waals surface area contributed by atoms with Gasteiger partial charge in [-0.2, -0.15) is 5.10 Å². The highest BCUT2D eigenvalue weighted by Gasteiger charge is 2.27.